The van der Waals surface area contributed by atoms with Crippen LogP contribution in [0.1, 0.15) is 16.8 Å². The zero-order valence-electron chi connectivity index (χ0n) is 13.1. The Hall–Kier alpha value is -2.51. The molecule has 128 valence electrons. The average Bonchev–Trinajstić information content (AvgIpc) is 2.89. The Bertz CT molecular complexity index is 704. The van der Waals surface area contributed by atoms with Crippen LogP contribution in [0.25, 0.3) is 0 Å². The first-order valence-corrected chi connectivity index (χ1v) is 7.66. The molecule has 0 aromatic heterocycles. The van der Waals surface area contributed by atoms with Crippen molar-refractivity contribution < 1.29 is 23.2 Å². The third-order valence-corrected chi connectivity index (χ3v) is 4.55. The molecule has 24 heavy (non-hydrogen) atoms. The highest BCUT2D eigenvalue weighted by Crippen LogP contribution is 2.26. The molecular weight excluding hydrogens is 320 g/mol. The van der Waals surface area contributed by atoms with Gasteiger partial charge in [0.05, 0.1) is 17.5 Å². The van der Waals surface area contributed by atoms with E-state index in [1.54, 1.807) is 4.90 Å². The van der Waals surface area contributed by atoms with Gasteiger partial charge < -0.3 is 15.1 Å². The fourth-order valence-electron chi connectivity index (χ4n) is 3.12. The average molecular weight is 337 g/mol. The molecule has 1 aromatic carbocycles. The minimum Gasteiger partial charge on any atom is -0.359 e. The van der Waals surface area contributed by atoms with Crippen LogP contribution in [0.15, 0.2) is 18.2 Å². The maximum Gasteiger partial charge on any atom is 0.257 e. The fraction of sp³-hybridized carbons (Fsp3) is 0.438. The molecule has 3 rings (SSSR count). The number of hydrogen-bond acceptors (Lipinski definition) is 3. The number of benzene rings is 1. The van der Waals surface area contributed by atoms with E-state index in [1.807, 2.05) is 0 Å². The third kappa shape index (κ3) is 2.72. The van der Waals surface area contributed by atoms with Crippen molar-refractivity contribution in [3.63, 3.8) is 0 Å². The summed E-state index contributed by atoms with van der Waals surface area (Å²) < 4.78 is 26.9. The van der Waals surface area contributed by atoms with Crippen LogP contribution >= 0.6 is 0 Å². The second-order valence-corrected chi connectivity index (χ2v) is 6.03. The predicted octanol–water partition coefficient (Wildman–Crippen LogP) is 0.384. The number of likely N-dealkylation sites (tertiary alicyclic amines) is 2. The van der Waals surface area contributed by atoms with Crippen LogP contribution in [0.2, 0.25) is 0 Å². The lowest BCUT2D eigenvalue weighted by Gasteiger charge is -2.44. The van der Waals surface area contributed by atoms with Crippen molar-refractivity contribution in [3.05, 3.63) is 35.4 Å². The molecule has 0 aliphatic carbocycles. The number of nitrogens with zero attached hydrogens (tertiary/aromatic N) is 2. The molecule has 0 bridgehead atoms. The number of amides is 3. The molecular formula is C16H17F2N3O3. The topological polar surface area (TPSA) is 69.7 Å². The summed E-state index contributed by atoms with van der Waals surface area (Å²) in [6.07, 6.45) is 0.155. The molecule has 1 unspecified atom stereocenters. The van der Waals surface area contributed by atoms with Crippen LogP contribution in [0.5, 0.6) is 0 Å². The number of halogens is 2. The van der Waals surface area contributed by atoms with E-state index in [-0.39, 0.29) is 48.8 Å². The van der Waals surface area contributed by atoms with Gasteiger partial charge in [0.2, 0.25) is 11.8 Å². The Morgan fingerprint density at radius 1 is 1.21 bits per heavy atom. The normalized spacial score (nSPS) is 21.0. The standard InChI is InChI=1S/C16H17F2N3O3/c1-19-15(23)9-5-13(22)21(6-9)10-7-20(8-10)16(24)11-3-2-4-12(17)14(11)18/h2-4,9-10H,5-8H2,1H3,(H,19,23). The third-order valence-electron chi connectivity index (χ3n) is 4.55. The lowest BCUT2D eigenvalue weighted by atomic mass is 10.0. The Morgan fingerprint density at radius 3 is 2.58 bits per heavy atom. The van der Waals surface area contributed by atoms with Gasteiger partial charge >= 0.3 is 0 Å². The maximum absolute atomic E-state index is 13.7. The van der Waals surface area contributed by atoms with Gasteiger partial charge in [0.1, 0.15) is 0 Å². The van der Waals surface area contributed by atoms with Crippen LogP contribution in [0.3, 0.4) is 0 Å². The van der Waals surface area contributed by atoms with E-state index < -0.39 is 17.5 Å². The lowest BCUT2D eigenvalue weighted by Crippen LogP contribution is -2.61. The molecule has 6 nitrogen and oxygen atoms in total. The van der Waals surface area contributed by atoms with Crippen LogP contribution < -0.4 is 5.32 Å². The van der Waals surface area contributed by atoms with E-state index in [9.17, 15) is 23.2 Å². The first-order valence-electron chi connectivity index (χ1n) is 7.66. The van der Waals surface area contributed by atoms with E-state index in [1.165, 1.54) is 24.1 Å². The van der Waals surface area contributed by atoms with Crippen molar-refractivity contribution in [1.82, 2.24) is 15.1 Å². The van der Waals surface area contributed by atoms with E-state index in [2.05, 4.69) is 5.32 Å². The van der Waals surface area contributed by atoms with Gasteiger partial charge in [-0.1, -0.05) is 6.07 Å². The highest BCUT2D eigenvalue weighted by molar-refractivity contribution is 5.95. The molecule has 2 saturated heterocycles. The monoisotopic (exact) mass is 337 g/mol. The molecule has 2 aliphatic rings. The Morgan fingerprint density at radius 2 is 1.92 bits per heavy atom. The molecule has 0 saturated carbocycles. The SMILES string of the molecule is CNC(=O)C1CC(=O)N(C2CN(C(=O)c3cccc(F)c3F)C2)C1. The summed E-state index contributed by atoms with van der Waals surface area (Å²) in [6.45, 7) is 0.821. The summed E-state index contributed by atoms with van der Waals surface area (Å²) in [5.41, 5.74) is -0.315. The Balaban J connectivity index is 1.61. The van der Waals surface area contributed by atoms with Crippen LogP contribution in [-0.4, -0.2) is 60.2 Å². The highest BCUT2D eigenvalue weighted by Gasteiger charge is 2.43. The number of carbonyl (C=O) groups excluding carboxylic acids is 3. The summed E-state index contributed by atoms with van der Waals surface area (Å²) in [4.78, 5) is 38.8. The largest absolute Gasteiger partial charge is 0.359 e. The molecule has 2 fully saturated rings. The van der Waals surface area contributed by atoms with Crippen molar-refractivity contribution in [2.45, 2.75) is 12.5 Å². The predicted molar refractivity (Wildman–Crippen MR) is 79.9 cm³/mol. The Labute approximate surface area is 137 Å². The Kier molecular flexibility index (Phi) is 4.21. The smallest absolute Gasteiger partial charge is 0.257 e. The molecule has 8 heteroatoms. The van der Waals surface area contributed by atoms with Crippen molar-refractivity contribution in [1.29, 1.82) is 0 Å². The van der Waals surface area contributed by atoms with Crippen LogP contribution in [-0.2, 0) is 9.59 Å². The lowest BCUT2D eigenvalue weighted by molar-refractivity contribution is -0.132. The second kappa shape index (κ2) is 6.18. The van der Waals surface area contributed by atoms with Crippen molar-refractivity contribution in [3.8, 4) is 0 Å². The van der Waals surface area contributed by atoms with Crippen molar-refractivity contribution in [2.24, 2.45) is 5.92 Å². The van der Waals surface area contributed by atoms with Crippen molar-refractivity contribution in [2.75, 3.05) is 26.7 Å². The summed E-state index contributed by atoms with van der Waals surface area (Å²) in [6, 6.07) is 3.28. The maximum atomic E-state index is 13.7. The molecule has 2 heterocycles. The van der Waals surface area contributed by atoms with Gasteiger partial charge in [-0.3, -0.25) is 14.4 Å². The molecule has 3 amide bonds. The number of hydrogen-bond donors (Lipinski definition) is 1. The number of nitrogens with one attached hydrogen (secondary N) is 1. The minimum absolute atomic E-state index is 0.127. The van der Waals surface area contributed by atoms with Crippen molar-refractivity contribution >= 4 is 17.7 Å². The summed E-state index contributed by atoms with van der Waals surface area (Å²) >= 11 is 0. The number of rotatable bonds is 3. The number of carbonyl (C=O) groups is 3. The van der Waals surface area contributed by atoms with Gasteiger partial charge in [-0.05, 0) is 12.1 Å². The molecule has 0 radical (unpaired) electrons. The highest BCUT2D eigenvalue weighted by atomic mass is 19.2. The summed E-state index contributed by atoms with van der Waals surface area (Å²) in [5.74, 6) is -3.52. The van der Waals surface area contributed by atoms with Gasteiger partial charge in [0.15, 0.2) is 11.6 Å². The van der Waals surface area contributed by atoms with Gasteiger partial charge in [-0.15, -0.1) is 0 Å². The zero-order valence-corrected chi connectivity index (χ0v) is 13.1. The van der Waals surface area contributed by atoms with E-state index in [0.717, 1.165) is 6.07 Å². The van der Waals surface area contributed by atoms with E-state index in [0.29, 0.717) is 6.54 Å². The molecule has 0 spiro atoms. The summed E-state index contributed by atoms with van der Waals surface area (Å²) in [5, 5.41) is 2.52. The van der Waals surface area contributed by atoms with Gasteiger partial charge in [0, 0.05) is 33.1 Å². The van der Waals surface area contributed by atoms with Crippen LogP contribution in [0, 0.1) is 17.6 Å². The zero-order chi connectivity index (χ0) is 17.4. The quantitative estimate of drug-likeness (QED) is 0.867. The second-order valence-electron chi connectivity index (χ2n) is 6.03. The van der Waals surface area contributed by atoms with Gasteiger partial charge in [-0.2, -0.15) is 0 Å². The first kappa shape index (κ1) is 16.4. The van der Waals surface area contributed by atoms with Gasteiger partial charge in [-0.25, -0.2) is 8.78 Å². The fourth-order valence-corrected chi connectivity index (χ4v) is 3.12. The first-order chi connectivity index (χ1) is 11.4. The molecule has 2 aliphatic heterocycles. The molecule has 1 atom stereocenters. The van der Waals surface area contributed by atoms with Gasteiger partial charge in [0.25, 0.3) is 5.91 Å². The summed E-state index contributed by atoms with van der Waals surface area (Å²) in [7, 11) is 1.52. The van der Waals surface area contributed by atoms with Crippen LogP contribution in [0.4, 0.5) is 8.78 Å². The molecule has 1 N–H and O–H groups in total. The minimum atomic E-state index is -1.16. The van der Waals surface area contributed by atoms with E-state index >= 15 is 0 Å². The molecule has 1 aromatic rings. The van der Waals surface area contributed by atoms with E-state index in [4.69, 9.17) is 0 Å².